The zero-order valence-electron chi connectivity index (χ0n) is 21.7. The van der Waals surface area contributed by atoms with Crippen molar-refractivity contribution in [2.45, 2.75) is 82.8 Å². The summed E-state index contributed by atoms with van der Waals surface area (Å²) in [7, 11) is 0. The Kier molecular flexibility index (Phi) is 5.83. The van der Waals surface area contributed by atoms with Gasteiger partial charge in [-0.1, -0.05) is 13.8 Å². The van der Waals surface area contributed by atoms with E-state index in [0.717, 1.165) is 77.1 Å². The van der Waals surface area contributed by atoms with Crippen molar-refractivity contribution < 1.29 is 10.2 Å². The molecule has 0 amide bonds. The Bertz CT molecular complexity index is 1010. The van der Waals surface area contributed by atoms with Gasteiger partial charge in [0, 0.05) is 24.2 Å². The Labute approximate surface area is 213 Å². The van der Waals surface area contributed by atoms with Gasteiger partial charge in [-0.3, -0.25) is 0 Å². The SMILES string of the molecule is C[C@]12CC/C(=N\NC3=NCCN3)C[C@H]1CC[C@@H]1[C@@H]2CC[C@]2(C)[C@@](O)(/C=N/NC3=NCCN3)CC[C@]12O. The fraction of sp³-hybridized carbons (Fsp3) is 0.846. The van der Waals surface area contributed by atoms with Crippen molar-refractivity contribution in [2.75, 3.05) is 26.2 Å². The fourth-order valence-electron chi connectivity index (χ4n) is 8.67. The van der Waals surface area contributed by atoms with Crippen molar-refractivity contribution in [3.05, 3.63) is 0 Å². The van der Waals surface area contributed by atoms with Gasteiger partial charge in [-0.2, -0.15) is 10.2 Å². The third kappa shape index (κ3) is 3.58. The topological polar surface area (TPSA) is 138 Å². The number of aliphatic hydroxyl groups is 2. The van der Waals surface area contributed by atoms with Gasteiger partial charge in [0.15, 0.2) is 0 Å². The molecule has 6 aliphatic rings. The predicted molar refractivity (Wildman–Crippen MR) is 141 cm³/mol. The highest BCUT2D eigenvalue weighted by molar-refractivity contribution is 5.88. The molecule has 0 unspecified atom stereocenters. The second-order valence-electron chi connectivity index (χ2n) is 12.4. The van der Waals surface area contributed by atoms with Crippen molar-refractivity contribution in [1.82, 2.24) is 21.5 Å². The average Bonchev–Trinajstić information content (AvgIpc) is 3.61. The first-order chi connectivity index (χ1) is 17.3. The smallest absolute Gasteiger partial charge is 0.212 e. The molecule has 198 valence electrons. The Morgan fingerprint density at radius 2 is 1.67 bits per heavy atom. The maximum atomic E-state index is 12.3. The molecular formula is C26H42N8O2. The molecule has 2 aliphatic heterocycles. The average molecular weight is 499 g/mol. The quantitative estimate of drug-likeness (QED) is 0.256. The monoisotopic (exact) mass is 498 g/mol. The maximum Gasteiger partial charge on any atom is 0.212 e. The van der Waals surface area contributed by atoms with E-state index in [0.29, 0.717) is 30.6 Å². The first kappa shape index (κ1) is 24.2. The predicted octanol–water partition coefficient (Wildman–Crippen LogP) is 1.31. The third-order valence-electron chi connectivity index (χ3n) is 11.0. The second kappa shape index (κ2) is 8.68. The summed E-state index contributed by atoms with van der Waals surface area (Å²) >= 11 is 0. The molecule has 0 bridgehead atoms. The molecule has 10 nitrogen and oxygen atoms in total. The van der Waals surface area contributed by atoms with Crippen LogP contribution in [-0.4, -0.2) is 71.4 Å². The fourth-order valence-corrected chi connectivity index (χ4v) is 8.67. The number of guanidine groups is 2. The summed E-state index contributed by atoms with van der Waals surface area (Å²) < 4.78 is 0. The van der Waals surface area contributed by atoms with Crippen molar-refractivity contribution >= 4 is 23.8 Å². The van der Waals surface area contributed by atoms with E-state index in [1.165, 1.54) is 5.71 Å². The van der Waals surface area contributed by atoms with Crippen LogP contribution in [0.25, 0.3) is 0 Å². The maximum absolute atomic E-state index is 12.3. The number of rotatable bonds is 3. The van der Waals surface area contributed by atoms with Crippen LogP contribution in [0.3, 0.4) is 0 Å². The molecule has 0 aromatic heterocycles. The highest BCUT2D eigenvalue weighted by atomic mass is 16.3. The van der Waals surface area contributed by atoms with E-state index < -0.39 is 16.6 Å². The molecule has 0 aromatic carbocycles. The lowest BCUT2D eigenvalue weighted by Gasteiger charge is -2.63. The summed E-state index contributed by atoms with van der Waals surface area (Å²) in [5, 5.41) is 39.6. The van der Waals surface area contributed by atoms with E-state index in [9.17, 15) is 10.2 Å². The molecule has 36 heavy (non-hydrogen) atoms. The summed E-state index contributed by atoms with van der Waals surface area (Å²) in [6, 6.07) is 0. The van der Waals surface area contributed by atoms with Gasteiger partial charge in [-0.15, -0.1) is 0 Å². The van der Waals surface area contributed by atoms with Gasteiger partial charge in [-0.25, -0.2) is 20.8 Å². The Hall–Kier alpha value is -2.20. The van der Waals surface area contributed by atoms with Crippen molar-refractivity contribution in [3.63, 3.8) is 0 Å². The van der Waals surface area contributed by atoms with Crippen LogP contribution < -0.4 is 21.5 Å². The van der Waals surface area contributed by atoms with Crippen molar-refractivity contribution in [1.29, 1.82) is 0 Å². The molecule has 6 N–H and O–H groups in total. The number of fused-ring (bicyclic) bond motifs is 5. The minimum absolute atomic E-state index is 0.199. The second-order valence-corrected chi connectivity index (χ2v) is 12.4. The van der Waals surface area contributed by atoms with Crippen LogP contribution >= 0.6 is 0 Å². The Balaban J connectivity index is 1.18. The summed E-state index contributed by atoms with van der Waals surface area (Å²) in [6.07, 6.45) is 9.89. The van der Waals surface area contributed by atoms with Crippen LogP contribution in [-0.2, 0) is 0 Å². The van der Waals surface area contributed by atoms with Gasteiger partial charge in [0.25, 0.3) is 0 Å². The van der Waals surface area contributed by atoms with Crippen LogP contribution in [0.1, 0.15) is 71.6 Å². The first-order valence-corrected chi connectivity index (χ1v) is 13.9. The van der Waals surface area contributed by atoms with Gasteiger partial charge < -0.3 is 20.8 Å². The Morgan fingerprint density at radius 1 is 0.917 bits per heavy atom. The number of nitrogens with one attached hydrogen (secondary N) is 4. The lowest BCUT2D eigenvalue weighted by molar-refractivity contribution is -0.218. The van der Waals surface area contributed by atoms with E-state index in [-0.39, 0.29) is 11.3 Å². The number of hydrogen-bond acceptors (Lipinski definition) is 10. The molecule has 10 heteroatoms. The van der Waals surface area contributed by atoms with Crippen LogP contribution in [0.2, 0.25) is 0 Å². The lowest BCUT2D eigenvalue weighted by Crippen LogP contribution is -2.65. The summed E-state index contributed by atoms with van der Waals surface area (Å²) in [5.74, 6) is 2.70. The van der Waals surface area contributed by atoms with Crippen molar-refractivity contribution in [3.8, 4) is 0 Å². The number of nitrogens with zero attached hydrogens (tertiary/aromatic N) is 4. The number of hydrazone groups is 2. The van der Waals surface area contributed by atoms with Gasteiger partial charge in [0.2, 0.25) is 11.9 Å². The molecule has 0 radical (unpaired) electrons. The van der Waals surface area contributed by atoms with E-state index >= 15 is 0 Å². The minimum Gasteiger partial charge on any atom is -0.389 e. The van der Waals surface area contributed by atoms with Crippen LogP contribution in [0.5, 0.6) is 0 Å². The highest BCUT2D eigenvalue weighted by Crippen LogP contribution is 2.69. The molecule has 2 heterocycles. The standard InChI is InChI=1S/C26H42N8O2/c1-23-7-5-18(32-34-22-29-13-14-30-22)15-17(23)3-4-20-19(23)6-8-24(2)25(35,9-10-26(20,24)36)16-31-33-21-27-11-12-28-21/h16-17,19-20,35-36H,3-15H2,1-2H3,(H2,27,28,33)(H2,29,30,34)/b31-16+,32-18+/t17-,19+,20-,23+,24-,25+,26+/m1/s1. The molecule has 4 aliphatic carbocycles. The molecule has 7 atom stereocenters. The van der Waals surface area contributed by atoms with Crippen LogP contribution in [0, 0.1) is 28.6 Å². The molecule has 4 fully saturated rings. The zero-order valence-corrected chi connectivity index (χ0v) is 21.7. The van der Waals surface area contributed by atoms with Gasteiger partial charge >= 0.3 is 0 Å². The molecule has 0 saturated heterocycles. The largest absolute Gasteiger partial charge is 0.389 e. The normalized spacial score (nSPS) is 46.9. The number of hydrogen-bond donors (Lipinski definition) is 6. The summed E-state index contributed by atoms with van der Waals surface area (Å²) in [4.78, 5) is 8.68. The molecule has 6 rings (SSSR count). The van der Waals surface area contributed by atoms with Gasteiger partial charge in [0.05, 0.1) is 24.9 Å². The molecule has 4 saturated carbocycles. The first-order valence-electron chi connectivity index (χ1n) is 13.9. The van der Waals surface area contributed by atoms with Gasteiger partial charge in [-0.05, 0) is 81.0 Å². The zero-order chi connectivity index (χ0) is 25.0. The molecular weight excluding hydrogens is 456 g/mol. The van der Waals surface area contributed by atoms with E-state index in [2.05, 4.69) is 50.4 Å². The Morgan fingerprint density at radius 3 is 2.39 bits per heavy atom. The van der Waals surface area contributed by atoms with Crippen molar-refractivity contribution in [2.24, 2.45) is 48.8 Å². The van der Waals surface area contributed by atoms with Crippen LogP contribution in [0.4, 0.5) is 0 Å². The molecule has 0 aromatic rings. The van der Waals surface area contributed by atoms with Crippen LogP contribution in [0.15, 0.2) is 20.2 Å². The van der Waals surface area contributed by atoms with E-state index in [4.69, 9.17) is 5.10 Å². The summed E-state index contributed by atoms with van der Waals surface area (Å²) in [6.45, 7) is 7.79. The molecule has 0 spiro atoms. The van der Waals surface area contributed by atoms with E-state index in [1.807, 2.05) is 0 Å². The van der Waals surface area contributed by atoms with Gasteiger partial charge in [0.1, 0.15) is 5.60 Å². The number of aliphatic imine (C=N–C) groups is 2. The minimum atomic E-state index is -1.13. The third-order valence-corrected chi connectivity index (χ3v) is 11.0. The lowest BCUT2D eigenvalue weighted by atomic mass is 9.43. The summed E-state index contributed by atoms with van der Waals surface area (Å²) in [5.41, 5.74) is 4.88. The van der Waals surface area contributed by atoms with E-state index in [1.54, 1.807) is 6.21 Å². The highest BCUT2D eigenvalue weighted by Gasteiger charge is 2.71.